The van der Waals surface area contributed by atoms with Gasteiger partial charge in [0, 0.05) is 43.4 Å². The van der Waals surface area contributed by atoms with E-state index in [4.69, 9.17) is 21.1 Å². The highest BCUT2D eigenvalue weighted by Crippen LogP contribution is 2.40. The van der Waals surface area contributed by atoms with Crippen LogP contribution in [0.4, 0.5) is 4.79 Å². The summed E-state index contributed by atoms with van der Waals surface area (Å²) in [6.07, 6.45) is 3.88. The van der Waals surface area contributed by atoms with Gasteiger partial charge < -0.3 is 30.3 Å². The van der Waals surface area contributed by atoms with E-state index in [1.807, 2.05) is 20.8 Å². The number of carbonyl (C=O) groups excluding carboxylic acids is 1. The Morgan fingerprint density at radius 3 is 2.51 bits per heavy atom. The van der Waals surface area contributed by atoms with Crippen molar-refractivity contribution in [2.24, 2.45) is 5.92 Å². The number of piperidine rings is 1. The zero-order valence-corrected chi connectivity index (χ0v) is 29.0. The number of likely N-dealkylation sites (tertiary alicyclic amines) is 1. The van der Waals surface area contributed by atoms with Crippen molar-refractivity contribution in [2.45, 2.75) is 123 Å². The molecule has 6 N–H and O–H groups in total. The van der Waals surface area contributed by atoms with Crippen LogP contribution in [0.15, 0.2) is 11.8 Å². The number of nitrogens with zero attached hydrogens (tertiary/aromatic N) is 2. The number of sulfone groups is 1. The van der Waals surface area contributed by atoms with Crippen molar-refractivity contribution in [1.29, 1.82) is 0 Å². The number of allylic oxidation sites excluding steroid dienone is 1. The number of hydrazine groups is 1. The second kappa shape index (κ2) is 14.7. The fourth-order valence-electron chi connectivity index (χ4n) is 7.21. The van der Waals surface area contributed by atoms with Crippen LogP contribution in [0.25, 0.3) is 0 Å². The second-order valence-electron chi connectivity index (χ2n) is 13.8. The summed E-state index contributed by atoms with van der Waals surface area (Å²) in [4.78, 5) is 14.7. The lowest BCUT2D eigenvalue weighted by molar-refractivity contribution is -0.241. The number of carbonyl (C=O) groups is 1. The number of fused-ring (bicyclic) bond motifs is 1. The van der Waals surface area contributed by atoms with Crippen LogP contribution in [0.3, 0.4) is 0 Å². The van der Waals surface area contributed by atoms with Gasteiger partial charge in [0.05, 0.1) is 34.6 Å². The number of ether oxygens (including phenoxy) is 2. The molecule has 1 saturated carbocycles. The molecule has 3 aliphatic heterocycles. The van der Waals surface area contributed by atoms with E-state index in [1.54, 1.807) is 18.1 Å². The van der Waals surface area contributed by atoms with Gasteiger partial charge in [0.25, 0.3) is 0 Å². The van der Waals surface area contributed by atoms with Crippen molar-refractivity contribution in [3.05, 3.63) is 11.8 Å². The number of alkyl halides is 1. The normalized spacial score (nSPS) is 35.4. The van der Waals surface area contributed by atoms with Gasteiger partial charge in [-0.05, 0) is 71.8 Å². The molecule has 258 valence electrons. The number of halogens is 1. The molecule has 16 heteroatoms. The third kappa shape index (κ3) is 8.59. The third-order valence-electron chi connectivity index (χ3n) is 9.60. The zero-order valence-electron chi connectivity index (χ0n) is 26.7. The first kappa shape index (κ1) is 35.4. The van der Waals surface area contributed by atoms with Gasteiger partial charge in [-0.25, -0.2) is 18.2 Å². The summed E-state index contributed by atoms with van der Waals surface area (Å²) < 4.78 is 38.5. The molecule has 0 aromatic heterocycles. The Morgan fingerprint density at radius 1 is 1.13 bits per heavy atom. The Balaban J connectivity index is 1.09. The molecule has 3 saturated heterocycles. The monoisotopic (exact) mass is 694 g/mol. The zero-order chi connectivity index (χ0) is 32.5. The van der Waals surface area contributed by atoms with Gasteiger partial charge in [0.2, 0.25) is 6.41 Å². The van der Waals surface area contributed by atoms with Gasteiger partial charge >= 0.3 is 6.03 Å². The van der Waals surface area contributed by atoms with Gasteiger partial charge in [-0.1, -0.05) is 0 Å². The highest BCUT2D eigenvalue weighted by atomic mass is 35.5. The number of hydrogen-bond donors (Lipinski definition) is 6. The molecular weight excluding hydrogens is 644 g/mol. The predicted octanol–water partition coefficient (Wildman–Crippen LogP) is 1.22. The summed E-state index contributed by atoms with van der Waals surface area (Å²) >= 11 is 8.13. The molecule has 5 aliphatic rings. The van der Waals surface area contributed by atoms with Crippen molar-refractivity contribution in [1.82, 2.24) is 31.3 Å². The first-order valence-corrected chi connectivity index (χ1v) is 19.1. The number of nitrogens with one attached hydrogen (secondary N) is 4. The Kier molecular flexibility index (Phi) is 11.6. The van der Waals surface area contributed by atoms with Crippen molar-refractivity contribution in [3.63, 3.8) is 0 Å². The fourth-order valence-corrected chi connectivity index (χ4v) is 11.6. The van der Waals surface area contributed by atoms with Gasteiger partial charge in [-0.3, -0.25) is 15.6 Å². The van der Waals surface area contributed by atoms with Crippen molar-refractivity contribution >= 4 is 39.2 Å². The van der Waals surface area contributed by atoms with Crippen molar-refractivity contribution in [3.8, 4) is 0 Å². The largest absolute Gasteiger partial charge is 0.500 e. The summed E-state index contributed by atoms with van der Waals surface area (Å²) in [7, 11) is -1.74. The molecule has 3 heterocycles. The SMILES string of the molecule is COC1=C[C@@H](Cl)C(C(O)NC(=O)N[C@H]2NC3CC[C@@H](S(=O)(=O)C4CCN(C(O)OC(C)(C)C)CC4)CC3S2)C[C@H]1N1CCCN1. The van der Waals surface area contributed by atoms with Gasteiger partial charge in [0.15, 0.2) is 9.84 Å². The lowest BCUT2D eigenvalue weighted by Crippen LogP contribution is -2.54. The topological polar surface area (TPSA) is 165 Å². The van der Waals surface area contributed by atoms with E-state index >= 15 is 0 Å². The van der Waals surface area contributed by atoms with E-state index in [0.717, 1.165) is 25.3 Å². The smallest absolute Gasteiger partial charge is 0.318 e. The molecule has 0 aromatic rings. The minimum atomic E-state index is -3.36. The van der Waals surface area contributed by atoms with E-state index in [2.05, 4.69) is 26.4 Å². The quantitative estimate of drug-likeness (QED) is 0.151. The molecule has 4 fully saturated rings. The van der Waals surface area contributed by atoms with E-state index in [-0.39, 0.29) is 17.3 Å². The second-order valence-corrected chi connectivity index (χ2v) is 18.2. The first-order chi connectivity index (χ1) is 21.2. The van der Waals surface area contributed by atoms with E-state index in [9.17, 15) is 23.4 Å². The van der Waals surface area contributed by atoms with E-state index < -0.39 is 61.4 Å². The van der Waals surface area contributed by atoms with Crippen LogP contribution in [0.1, 0.15) is 65.7 Å². The Labute approximate surface area is 276 Å². The molecule has 13 nitrogen and oxygen atoms in total. The lowest BCUT2D eigenvalue weighted by atomic mass is 9.87. The molecule has 9 atom stereocenters. The average Bonchev–Trinajstić information content (AvgIpc) is 3.65. The number of amides is 2. The Hall–Kier alpha value is -0.880. The number of rotatable bonds is 9. The fraction of sp³-hybridized carbons (Fsp3) is 0.897. The lowest BCUT2D eigenvalue weighted by Gasteiger charge is -2.39. The third-order valence-corrected chi connectivity index (χ3v) is 14.2. The molecule has 0 spiro atoms. The van der Waals surface area contributed by atoms with Gasteiger partial charge in [-0.15, -0.1) is 23.4 Å². The van der Waals surface area contributed by atoms with Crippen LogP contribution < -0.4 is 21.4 Å². The van der Waals surface area contributed by atoms with E-state index in [1.165, 1.54) is 11.8 Å². The molecule has 2 amide bonds. The van der Waals surface area contributed by atoms with Crippen LogP contribution in [-0.2, 0) is 19.3 Å². The molecule has 45 heavy (non-hydrogen) atoms. The Bertz CT molecular complexity index is 1160. The van der Waals surface area contributed by atoms with Crippen molar-refractivity contribution in [2.75, 3.05) is 33.3 Å². The minimum Gasteiger partial charge on any atom is -0.500 e. The molecule has 2 aliphatic carbocycles. The van der Waals surface area contributed by atoms with Gasteiger partial charge in [-0.2, -0.15) is 0 Å². The van der Waals surface area contributed by atoms with Crippen LogP contribution in [0, 0.1) is 5.92 Å². The van der Waals surface area contributed by atoms with Crippen LogP contribution in [-0.4, -0.2) is 125 Å². The number of thioether (sulfide) groups is 1. The maximum atomic E-state index is 13.7. The maximum Gasteiger partial charge on any atom is 0.318 e. The highest BCUT2D eigenvalue weighted by Gasteiger charge is 2.46. The summed E-state index contributed by atoms with van der Waals surface area (Å²) in [6.45, 7) is 8.30. The summed E-state index contributed by atoms with van der Waals surface area (Å²) in [5.74, 6) is 0.337. The van der Waals surface area contributed by atoms with E-state index in [0.29, 0.717) is 51.6 Å². The number of aliphatic hydroxyl groups is 2. The highest BCUT2D eigenvalue weighted by molar-refractivity contribution is 8.00. The number of urea groups is 1. The summed E-state index contributed by atoms with van der Waals surface area (Å²) in [6, 6.07) is -0.501. The standard InChI is InChI=1S/C29H51ClN6O7S2/c1-29(2,3)43-28(39)35-12-8-17(9-13-35)45(40,41)18-6-7-21-24(14-18)44-27(32-21)34-26(38)33-25(37)19-15-22(36-11-5-10-31-36)23(42-4)16-20(19)30/h16-22,24-25,27-28,31-32,37,39H,5-15H2,1-4H3,(H2,33,34,38)/t18-,19?,20-,21?,22-,24?,25?,27-,28?/m1/s1. The average molecular weight is 695 g/mol. The molecule has 0 aromatic carbocycles. The van der Waals surface area contributed by atoms with Crippen LogP contribution >= 0.6 is 23.4 Å². The molecule has 5 rings (SSSR count). The Morgan fingerprint density at radius 2 is 1.87 bits per heavy atom. The van der Waals surface area contributed by atoms with Crippen molar-refractivity contribution < 1.29 is 32.9 Å². The number of hydrogen-bond acceptors (Lipinski definition) is 12. The maximum absolute atomic E-state index is 13.7. The van der Waals surface area contributed by atoms with Gasteiger partial charge in [0.1, 0.15) is 17.5 Å². The summed E-state index contributed by atoms with van der Waals surface area (Å²) in [5, 5.41) is 31.2. The van der Waals surface area contributed by atoms with Crippen LogP contribution in [0.2, 0.25) is 0 Å². The molecule has 0 radical (unpaired) electrons. The van der Waals surface area contributed by atoms with Crippen LogP contribution in [0.5, 0.6) is 0 Å². The molecule has 0 bridgehead atoms. The first-order valence-electron chi connectivity index (χ1n) is 16.1. The number of aliphatic hydroxyl groups excluding tert-OH is 2. The predicted molar refractivity (Wildman–Crippen MR) is 174 cm³/mol. The molecular formula is C29H51ClN6O7S2. The number of methoxy groups -OCH3 is 1. The summed E-state index contributed by atoms with van der Waals surface area (Å²) in [5.41, 5.74) is 2.45. The minimum absolute atomic E-state index is 0.0488. The molecule has 5 unspecified atom stereocenters.